The predicted octanol–water partition coefficient (Wildman–Crippen LogP) is 1.83. The monoisotopic (exact) mass is 274 g/mol. The van der Waals surface area contributed by atoms with Crippen LogP contribution in [0.4, 0.5) is 0 Å². The molecule has 2 amide bonds. The summed E-state index contributed by atoms with van der Waals surface area (Å²) < 4.78 is 0. The third-order valence-corrected chi connectivity index (χ3v) is 2.75. The molecule has 0 heterocycles. The Morgan fingerprint density at radius 2 is 1.65 bits per heavy atom. The van der Waals surface area contributed by atoms with Gasteiger partial charge >= 0.3 is 0 Å². The number of hydrogen-bond acceptors (Lipinski definition) is 2. The molecule has 0 fully saturated rings. The molecule has 92 valence electrons. The Balaban J connectivity index is 2.96. The first-order chi connectivity index (χ1) is 7.90. The van der Waals surface area contributed by atoms with E-state index in [1.807, 2.05) is 0 Å². The summed E-state index contributed by atoms with van der Waals surface area (Å²) in [5, 5.41) is 0.829. The van der Waals surface area contributed by atoms with Gasteiger partial charge in [0.15, 0.2) is 0 Å². The Kier molecular flexibility index (Phi) is 4.78. The van der Waals surface area contributed by atoms with E-state index >= 15 is 0 Å². The molecule has 0 spiro atoms. The van der Waals surface area contributed by atoms with Crippen molar-refractivity contribution in [3.8, 4) is 0 Å². The first-order valence-electron chi connectivity index (χ1n) is 4.93. The second kappa shape index (κ2) is 5.89. The van der Waals surface area contributed by atoms with Crippen molar-refractivity contribution in [2.75, 3.05) is 0 Å². The lowest BCUT2D eigenvalue weighted by Crippen LogP contribution is -2.23. The van der Waals surface area contributed by atoms with Crippen LogP contribution in [-0.2, 0) is 9.59 Å². The first kappa shape index (κ1) is 13.8. The minimum Gasteiger partial charge on any atom is -0.370 e. The Morgan fingerprint density at radius 1 is 1.12 bits per heavy atom. The molecule has 6 heteroatoms. The van der Waals surface area contributed by atoms with Crippen LogP contribution in [0.2, 0.25) is 10.0 Å². The molecule has 0 radical (unpaired) electrons. The van der Waals surface area contributed by atoms with Crippen molar-refractivity contribution in [1.82, 2.24) is 0 Å². The lowest BCUT2D eigenvalue weighted by molar-refractivity contribution is -0.120. The van der Waals surface area contributed by atoms with Gasteiger partial charge in [-0.15, -0.1) is 0 Å². The molecule has 0 aliphatic heterocycles. The molecule has 0 aliphatic carbocycles. The van der Waals surface area contributed by atoms with Gasteiger partial charge in [-0.3, -0.25) is 9.59 Å². The molecular weight excluding hydrogens is 263 g/mol. The standard InChI is InChI=1S/C11H12Cl2N2O2/c12-7-3-6(4-8(13)5-7)9(11(15)17)1-2-10(14)16/h3-5,9H,1-2H2,(H2,14,16)(H2,15,17). The lowest BCUT2D eigenvalue weighted by atomic mass is 9.93. The number of nitrogens with two attached hydrogens (primary N) is 2. The molecule has 1 aromatic carbocycles. The van der Waals surface area contributed by atoms with Crippen LogP contribution >= 0.6 is 23.2 Å². The summed E-state index contributed by atoms with van der Waals surface area (Å²) in [6.45, 7) is 0. The van der Waals surface area contributed by atoms with Crippen molar-refractivity contribution < 1.29 is 9.59 Å². The van der Waals surface area contributed by atoms with Gasteiger partial charge < -0.3 is 11.5 Å². The number of carbonyl (C=O) groups excluding carboxylic acids is 2. The Bertz CT molecular complexity index is 429. The summed E-state index contributed by atoms with van der Waals surface area (Å²) in [5.74, 6) is -1.63. The van der Waals surface area contributed by atoms with Gasteiger partial charge in [-0.05, 0) is 30.2 Å². The molecule has 0 aliphatic rings. The maximum atomic E-state index is 11.3. The molecule has 4 nitrogen and oxygen atoms in total. The smallest absolute Gasteiger partial charge is 0.224 e. The number of carbonyl (C=O) groups is 2. The zero-order valence-electron chi connectivity index (χ0n) is 8.95. The molecule has 1 unspecified atom stereocenters. The van der Waals surface area contributed by atoms with Crippen LogP contribution in [-0.4, -0.2) is 11.8 Å². The van der Waals surface area contributed by atoms with Crippen molar-refractivity contribution in [3.05, 3.63) is 33.8 Å². The summed E-state index contributed by atoms with van der Waals surface area (Å²) in [6.07, 6.45) is 0.332. The Hall–Kier alpha value is -1.26. The molecule has 0 saturated heterocycles. The largest absolute Gasteiger partial charge is 0.370 e. The molecule has 0 bridgehead atoms. The normalized spacial score (nSPS) is 12.1. The summed E-state index contributed by atoms with van der Waals surface area (Å²) in [6, 6.07) is 4.76. The number of amides is 2. The van der Waals surface area contributed by atoms with Gasteiger partial charge in [0.2, 0.25) is 11.8 Å². The molecular formula is C11H12Cl2N2O2. The Morgan fingerprint density at radius 3 is 2.06 bits per heavy atom. The molecule has 1 atom stereocenters. The van der Waals surface area contributed by atoms with Crippen molar-refractivity contribution in [2.24, 2.45) is 11.5 Å². The van der Waals surface area contributed by atoms with Gasteiger partial charge in [-0.2, -0.15) is 0 Å². The number of primary amides is 2. The summed E-state index contributed by atoms with van der Waals surface area (Å²) >= 11 is 11.7. The van der Waals surface area contributed by atoms with Crippen LogP contribution in [0.1, 0.15) is 24.3 Å². The van der Waals surface area contributed by atoms with Gasteiger partial charge in [0.05, 0.1) is 5.92 Å². The fourth-order valence-electron chi connectivity index (χ4n) is 1.54. The van der Waals surface area contributed by atoms with Gasteiger partial charge in [0.25, 0.3) is 0 Å². The first-order valence-corrected chi connectivity index (χ1v) is 5.69. The van der Waals surface area contributed by atoms with Gasteiger partial charge in [-0.25, -0.2) is 0 Å². The maximum absolute atomic E-state index is 11.3. The van der Waals surface area contributed by atoms with Gasteiger partial charge in [0.1, 0.15) is 0 Å². The van der Waals surface area contributed by atoms with E-state index in [4.69, 9.17) is 34.7 Å². The quantitative estimate of drug-likeness (QED) is 0.858. The lowest BCUT2D eigenvalue weighted by Gasteiger charge is -2.13. The number of hydrogen-bond donors (Lipinski definition) is 2. The summed E-state index contributed by atoms with van der Waals surface area (Å²) in [4.78, 5) is 22.0. The van der Waals surface area contributed by atoms with Crippen LogP contribution in [0.5, 0.6) is 0 Å². The topological polar surface area (TPSA) is 86.2 Å². The minimum absolute atomic E-state index is 0.0811. The van der Waals surface area contributed by atoms with E-state index in [-0.39, 0.29) is 12.8 Å². The third kappa shape index (κ3) is 4.24. The zero-order valence-corrected chi connectivity index (χ0v) is 10.5. The second-order valence-electron chi connectivity index (χ2n) is 3.66. The average Bonchev–Trinajstić information content (AvgIpc) is 2.14. The third-order valence-electron chi connectivity index (χ3n) is 2.31. The zero-order chi connectivity index (χ0) is 13.0. The highest BCUT2D eigenvalue weighted by Crippen LogP contribution is 2.27. The SMILES string of the molecule is NC(=O)CCC(C(N)=O)c1cc(Cl)cc(Cl)c1. The highest BCUT2D eigenvalue weighted by molar-refractivity contribution is 6.34. The van der Waals surface area contributed by atoms with E-state index in [2.05, 4.69) is 0 Å². The van der Waals surface area contributed by atoms with E-state index in [0.29, 0.717) is 15.6 Å². The number of benzene rings is 1. The molecule has 17 heavy (non-hydrogen) atoms. The molecule has 4 N–H and O–H groups in total. The van der Waals surface area contributed by atoms with Crippen LogP contribution in [0.15, 0.2) is 18.2 Å². The molecule has 1 aromatic rings. The number of halogens is 2. The van der Waals surface area contributed by atoms with Crippen LogP contribution in [0, 0.1) is 0 Å². The fourth-order valence-corrected chi connectivity index (χ4v) is 2.08. The highest BCUT2D eigenvalue weighted by atomic mass is 35.5. The van der Waals surface area contributed by atoms with Crippen LogP contribution in [0.3, 0.4) is 0 Å². The van der Waals surface area contributed by atoms with E-state index in [1.165, 1.54) is 0 Å². The van der Waals surface area contributed by atoms with E-state index < -0.39 is 17.7 Å². The van der Waals surface area contributed by atoms with Crippen LogP contribution in [0.25, 0.3) is 0 Å². The van der Waals surface area contributed by atoms with E-state index in [0.717, 1.165) is 0 Å². The summed E-state index contributed by atoms with van der Waals surface area (Å²) in [5.41, 5.74) is 10.9. The van der Waals surface area contributed by atoms with E-state index in [1.54, 1.807) is 18.2 Å². The van der Waals surface area contributed by atoms with E-state index in [9.17, 15) is 9.59 Å². The molecule has 0 saturated carbocycles. The average molecular weight is 275 g/mol. The molecule has 0 aromatic heterocycles. The predicted molar refractivity (Wildman–Crippen MR) is 66.8 cm³/mol. The van der Waals surface area contributed by atoms with Crippen molar-refractivity contribution >= 4 is 35.0 Å². The van der Waals surface area contributed by atoms with Gasteiger partial charge in [0, 0.05) is 16.5 Å². The van der Waals surface area contributed by atoms with Crippen molar-refractivity contribution in [3.63, 3.8) is 0 Å². The molecule has 1 rings (SSSR count). The second-order valence-corrected chi connectivity index (χ2v) is 4.54. The minimum atomic E-state index is -0.612. The van der Waals surface area contributed by atoms with Crippen molar-refractivity contribution in [2.45, 2.75) is 18.8 Å². The van der Waals surface area contributed by atoms with Crippen molar-refractivity contribution in [1.29, 1.82) is 0 Å². The highest BCUT2D eigenvalue weighted by Gasteiger charge is 2.19. The number of rotatable bonds is 5. The van der Waals surface area contributed by atoms with Gasteiger partial charge in [-0.1, -0.05) is 23.2 Å². The summed E-state index contributed by atoms with van der Waals surface area (Å²) in [7, 11) is 0. The van der Waals surface area contributed by atoms with Crippen LogP contribution < -0.4 is 11.5 Å². The maximum Gasteiger partial charge on any atom is 0.224 e. The Labute approximate surface area is 109 Å². The fraction of sp³-hybridized carbons (Fsp3) is 0.273.